The zero-order valence-electron chi connectivity index (χ0n) is 6.10. The molecule has 58 valence electrons. The van der Waals surface area contributed by atoms with Crippen molar-refractivity contribution in [1.82, 2.24) is 0 Å². The van der Waals surface area contributed by atoms with Crippen LogP contribution in [0.2, 0.25) is 0 Å². The molecule has 0 bridgehead atoms. The third kappa shape index (κ3) is 2.37. The molecular weight excluding hydrogens is 144 g/mol. The first-order chi connectivity index (χ1) is 5.18. The predicted octanol–water partition coefficient (Wildman–Crippen LogP) is 1.78. The summed E-state index contributed by atoms with van der Waals surface area (Å²) >= 11 is 0. The quantitative estimate of drug-likeness (QED) is 0.653. The fourth-order valence-corrected chi connectivity index (χ4v) is 0.769. The molecule has 1 aromatic rings. The molecule has 0 aliphatic heterocycles. The van der Waals surface area contributed by atoms with Crippen molar-refractivity contribution in [2.24, 2.45) is 0 Å². The Morgan fingerprint density at radius 1 is 1.55 bits per heavy atom. The second-order valence-corrected chi connectivity index (χ2v) is 2.19. The van der Waals surface area contributed by atoms with Crippen LogP contribution >= 0.6 is 0 Å². The summed E-state index contributed by atoms with van der Waals surface area (Å²) in [7, 11) is 0. The molecule has 2 nitrogen and oxygen atoms in total. The smallest absolute Gasteiger partial charge is 0.221 e. The number of rotatable bonds is 1. The topological polar surface area (TPSA) is 29.1 Å². The minimum absolute atomic E-state index is 0.199. The third-order valence-electron chi connectivity index (χ3n) is 1.14. The number of hydrogen-bond acceptors (Lipinski definition) is 1. The second-order valence-electron chi connectivity index (χ2n) is 2.19. The molecule has 1 N–H and O–H groups in total. The zero-order valence-corrected chi connectivity index (χ0v) is 6.10. The van der Waals surface area contributed by atoms with Gasteiger partial charge in [-0.05, 0) is 18.2 Å². The van der Waals surface area contributed by atoms with Crippen LogP contribution in [0, 0.1) is 5.82 Å². The number of carbonyl (C=O) groups excluding carboxylic acids is 1. The SMILES string of the molecule is CC(=O)Nc1cccc([18F])c1. The summed E-state index contributed by atoms with van der Waals surface area (Å²) < 4.78 is 12.5. The molecule has 3 heteroatoms. The number of hydrogen-bond donors (Lipinski definition) is 1. The minimum Gasteiger partial charge on any atom is -0.326 e. The van der Waals surface area contributed by atoms with E-state index in [1.165, 1.54) is 19.1 Å². The Kier molecular flexibility index (Phi) is 2.21. The lowest BCUT2D eigenvalue weighted by Crippen LogP contribution is -2.05. The van der Waals surface area contributed by atoms with Gasteiger partial charge in [-0.25, -0.2) is 4.39 Å². The summed E-state index contributed by atoms with van der Waals surface area (Å²) in [6.45, 7) is 1.38. The van der Waals surface area contributed by atoms with Crippen molar-refractivity contribution < 1.29 is 9.18 Å². The highest BCUT2D eigenvalue weighted by molar-refractivity contribution is 5.88. The van der Waals surface area contributed by atoms with E-state index >= 15 is 0 Å². The Morgan fingerprint density at radius 3 is 2.82 bits per heavy atom. The lowest BCUT2D eigenvalue weighted by atomic mass is 10.3. The van der Waals surface area contributed by atoms with Gasteiger partial charge >= 0.3 is 0 Å². The predicted molar refractivity (Wildman–Crippen MR) is 40.7 cm³/mol. The fraction of sp³-hybridized carbons (Fsp3) is 0.125. The van der Waals surface area contributed by atoms with E-state index in [0.29, 0.717) is 5.69 Å². The van der Waals surface area contributed by atoms with E-state index in [1.54, 1.807) is 12.1 Å². The van der Waals surface area contributed by atoms with Crippen LogP contribution < -0.4 is 5.32 Å². The molecular formula is C8H8FNO. The summed E-state index contributed by atoms with van der Waals surface area (Å²) in [4.78, 5) is 10.5. The van der Waals surface area contributed by atoms with Gasteiger partial charge in [0.25, 0.3) is 0 Å². The first kappa shape index (κ1) is 7.72. The number of halogens is 1. The maximum absolute atomic E-state index is 12.5. The Bertz CT molecular complexity index is 273. The van der Waals surface area contributed by atoms with Crippen molar-refractivity contribution in [2.75, 3.05) is 5.32 Å². The van der Waals surface area contributed by atoms with Gasteiger partial charge in [0.15, 0.2) is 0 Å². The molecule has 0 aliphatic rings. The average molecular weight is 152 g/mol. The van der Waals surface area contributed by atoms with Gasteiger partial charge in [-0.2, -0.15) is 0 Å². The molecule has 0 aromatic heterocycles. The normalized spacial score (nSPS) is 9.27. The summed E-state index contributed by atoms with van der Waals surface area (Å²) in [6, 6.07) is 5.76. The average Bonchev–Trinajstić information content (AvgIpc) is 1.85. The fourth-order valence-electron chi connectivity index (χ4n) is 0.769. The molecule has 0 saturated carbocycles. The van der Waals surface area contributed by atoms with Gasteiger partial charge in [0.05, 0.1) is 0 Å². The van der Waals surface area contributed by atoms with E-state index in [2.05, 4.69) is 5.32 Å². The van der Waals surface area contributed by atoms with Crippen LogP contribution in [0.15, 0.2) is 24.3 Å². The highest BCUT2D eigenvalue weighted by atomic mass is 18.2. The minimum atomic E-state index is -0.351. The summed E-state index contributed by atoms with van der Waals surface area (Å²) in [6.07, 6.45) is 0. The van der Waals surface area contributed by atoms with Crippen molar-refractivity contribution in [2.45, 2.75) is 6.92 Å². The first-order valence-electron chi connectivity index (χ1n) is 3.21. The van der Waals surface area contributed by atoms with Crippen molar-refractivity contribution in [3.8, 4) is 0 Å². The zero-order chi connectivity index (χ0) is 8.27. The van der Waals surface area contributed by atoms with Gasteiger partial charge in [-0.15, -0.1) is 0 Å². The Morgan fingerprint density at radius 2 is 2.27 bits per heavy atom. The van der Waals surface area contributed by atoms with Crippen molar-refractivity contribution in [1.29, 1.82) is 0 Å². The molecule has 1 rings (SSSR count). The van der Waals surface area contributed by atoms with Crippen molar-refractivity contribution in [3.05, 3.63) is 30.1 Å². The number of carbonyl (C=O) groups is 1. The molecule has 11 heavy (non-hydrogen) atoms. The largest absolute Gasteiger partial charge is 0.326 e. The van der Waals surface area contributed by atoms with Gasteiger partial charge in [-0.1, -0.05) is 6.07 Å². The molecule has 0 fully saturated rings. The van der Waals surface area contributed by atoms with E-state index in [-0.39, 0.29) is 11.7 Å². The molecule has 1 amide bonds. The molecule has 1 aromatic carbocycles. The van der Waals surface area contributed by atoms with Gasteiger partial charge in [-0.3, -0.25) is 4.79 Å². The van der Waals surface area contributed by atoms with Crippen molar-refractivity contribution in [3.63, 3.8) is 0 Å². The van der Waals surface area contributed by atoms with Gasteiger partial charge in [0.1, 0.15) is 5.82 Å². The Labute approximate surface area is 64.0 Å². The van der Waals surface area contributed by atoms with Crippen LogP contribution in [0.25, 0.3) is 0 Å². The maximum Gasteiger partial charge on any atom is 0.221 e. The highest BCUT2D eigenvalue weighted by Crippen LogP contribution is 2.08. The molecule has 0 radical (unpaired) electrons. The lowest BCUT2D eigenvalue weighted by Gasteiger charge is -1.99. The van der Waals surface area contributed by atoms with Crippen LogP contribution in [-0.2, 0) is 4.79 Å². The van der Waals surface area contributed by atoms with Crippen LogP contribution in [0.3, 0.4) is 0 Å². The molecule has 0 aliphatic carbocycles. The number of anilines is 1. The summed E-state index contributed by atoms with van der Waals surface area (Å²) in [5.41, 5.74) is 0.484. The lowest BCUT2D eigenvalue weighted by molar-refractivity contribution is -0.114. The molecule has 0 saturated heterocycles. The molecule has 0 spiro atoms. The number of amides is 1. The number of benzene rings is 1. The van der Waals surface area contributed by atoms with Crippen LogP contribution in [0.1, 0.15) is 6.92 Å². The monoisotopic (exact) mass is 152 g/mol. The van der Waals surface area contributed by atoms with E-state index in [9.17, 15) is 9.18 Å². The molecule has 0 atom stereocenters. The van der Waals surface area contributed by atoms with Crippen LogP contribution in [-0.4, -0.2) is 5.91 Å². The maximum atomic E-state index is 12.5. The van der Waals surface area contributed by atoms with E-state index in [0.717, 1.165) is 0 Å². The standard InChI is InChI=1S/C8H8FNO/c1-6(11)10-8-4-2-3-7(9)5-8/h2-5H,1H3,(H,10,11)/i9-1. The van der Waals surface area contributed by atoms with Crippen LogP contribution in [0.5, 0.6) is 0 Å². The van der Waals surface area contributed by atoms with Crippen molar-refractivity contribution >= 4 is 11.6 Å². The Hall–Kier alpha value is -1.38. The number of nitrogens with one attached hydrogen (secondary N) is 1. The van der Waals surface area contributed by atoms with E-state index in [1.807, 2.05) is 0 Å². The van der Waals surface area contributed by atoms with Gasteiger partial charge in [0, 0.05) is 12.6 Å². The summed E-state index contributed by atoms with van der Waals surface area (Å²) in [5.74, 6) is -0.549. The highest BCUT2D eigenvalue weighted by Gasteiger charge is 1.95. The van der Waals surface area contributed by atoms with Gasteiger partial charge in [0.2, 0.25) is 5.91 Å². The molecule has 0 heterocycles. The molecule has 0 unspecified atom stereocenters. The van der Waals surface area contributed by atoms with Crippen LogP contribution in [0.4, 0.5) is 10.1 Å². The van der Waals surface area contributed by atoms with Gasteiger partial charge < -0.3 is 5.32 Å². The summed E-state index contributed by atoms with van der Waals surface area (Å²) in [5, 5.41) is 2.47. The second kappa shape index (κ2) is 3.14. The van der Waals surface area contributed by atoms with E-state index < -0.39 is 0 Å². The van der Waals surface area contributed by atoms with E-state index in [4.69, 9.17) is 0 Å². The first-order valence-corrected chi connectivity index (χ1v) is 3.21. The Balaban J connectivity index is 2.79. The third-order valence-corrected chi connectivity index (χ3v) is 1.14.